The minimum atomic E-state index is -0.764. The van der Waals surface area contributed by atoms with E-state index in [1.165, 1.54) is 0 Å². The molecular weight excluding hydrogens is 306 g/mol. The lowest BCUT2D eigenvalue weighted by Gasteiger charge is -2.20. The summed E-state index contributed by atoms with van der Waals surface area (Å²) in [6, 6.07) is 5.14. The molecule has 22 heavy (non-hydrogen) atoms. The summed E-state index contributed by atoms with van der Waals surface area (Å²) in [7, 11) is 0. The maximum atomic E-state index is 11.7. The third-order valence-electron chi connectivity index (χ3n) is 3.52. The van der Waals surface area contributed by atoms with Gasteiger partial charge >= 0.3 is 12.1 Å². The normalized spacial score (nSPS) is 16.0. The van der Waals surface area contributed by atoms with Gasteiger partial charge in [0.05, 0.1) is 16.1 Å². The summed E-state index contributed by atoms with van der Waals surface area (Å²) < 4.78 is 5.16. The summed E-state index contributed by atoms with van der Waals surface area (Å²) in [6.45, 7) is 5.33. The molecule has 1 amide bonds. The molecule has 2 rings (SSSR count). The maximum Gasteiger partial charge on any atom is 0.412 e. The Morgan fingerprint density at radius 3 is 2.45 bits per heavy atom. The number of rotatable bonds is 4. The van der Waals surface area contributed by atoms with Crippen LogP contribution in [0.15, 0.2) is 18.2 Å². The number of anilines is 1. The summed E-state index contributed by atoms with van der Waals surface area (Å²) in [6.07, 6.45) is 1.26. The van der Waals surface area contributed by atoms with Crippen LogP contribution in [0.4, 0.5) is 10.5 Å². The van der Waals surface area contributed by atoms with Crippen LogP contribution >= 0.6 is 11.6 Å². The zero-order valence-electron chi connectivity index (χ0n) is 12.9. The molecule has 6 heteroatoms. The van der Waals surface area contributed by atoms with E-state index in [4.69, 9.17) is 16.3 Å². The lowest BCUT2D eigenvalue weighted by Crippen LogP contribution is -2.27. The second-order valence-corrected chi connectivity index (χ2v) is 7.11. The van der Waals surface area contributed by atoms with Crippen molar-refractivity contribution in [2.45, 2.75) is 45.6 Å². The predicted octanol–water partition coefficient (Wildman–Crippen LogP) is 4.09. The average molecular weight is 326 g/mol. The molecule has 1 aliphatic carbocycles. The molecule has 1 aliphatic rings. The van der Waals surface area contributed by atoms with Crippen molar-refractivity contribution in [1.29, 1.82) is 0 Å². The number of nitrogens with one attached hydrogen (secondary N) is 1. The zero-order chi connectivity index (χ0) is 16.5. The van der Waals surface area contributed by atoms with Crippen LogP contribution in [0.25, 0.3) is 0 Å². The highest BCUT2D eigenvalue weighted by Crippen LogP contribution is 2.48. The highest BCUT2D eigenvalue weighted by Gasteiger charge is 2.49. The number of benzene rings is 1. The number of halogens is 1. The highest BCUT2D eigenvalue weighted by molar-refractivity contribution is 6.33. The molecule has 2 N–H and O–H groups in total. The number of amides is 1. The van der Waals surface area contributed by atoms with Crippen molar-refractivity contribution in [3.63, 3.8) is 0 Å². The molecule has 0 radical (unpaired) electrons. The third kappa shape index (κ3) is 4.13. The summed E-state index contributed by atoms with van der Waals surface area (Å²) in [4.78, 5) is 22.9. The van der Waals surface area contributed by atoms with Gasteiger partial charge in [0.2, 0.25) is 0 Å². The molecule has 1 aromatic rings. The van der Waals surface area contributed by atoms with Gasteiger partial charge in [0, 0.05) is 0 Å². The van der Waals surface area contributed by atoms with E-state index in [1.54, 1.807) is 39.0 Å². The van der Waals surface area contributed by atoms with Crippen molar-refractivity contribution < 1.29 is 19.4 Å². The summed E-state index contributed by atoms with van der Waals surface area (Å²) >= 11 is 6.16. The van der Waals surface area contributed by atoms with Gasteiger partial charge in [-0.15, -0.1) is 0 Å². The number of ether oxygens (including phenoxy) is 1. The predicted molar refractivity (Wildman–Crippen MR) is 84.3 cm³/mol. The standard InChI is InChI=1S/C16H20ClNO4/c1-15(2,3)22-14(21)18-12-5-4-10(8-11(12)17)9-16(6-7-16)13(19)20/h4-5,8H,6-7,9H2,1-3H3,(H,18,21)(H,19,20). The second kappa shape index (κ2) is 5.80. The van der Waals surface area contributed by atoms with E-state index in [0.717, 1.165) is 5.56 Å². The molecule has 1 fully saturated rings. The summed E-state index contributed by atoms with van der Waals surface area (Å²) in [5.41, 5.74) is 0.0687. The minimum Gasteiger partial charge on any atom is -0.481 e. The fraction of sp³-hybridized carbons (Fsp3) is 0.500. The Hall–Kier alpha value is -1.75. The minimum absolute atomic E-state index is 0.365. The number of carboxylic acids is 1. The van der Waals surface area contributed by atoms with Crippen LogP contribution in [-0.2, 0) is 16.0 Å². The lowest BCUT2D eigenvalue weighted by atomic mass is 9.96. The number of carboxylic acid groups (broad SMARTS) is 1. The van der Waals surface area contributed by atoms with Crippen LogP contribution in [0.3, 0.4) is 0 Å². The SMILES string of the molecule is CC(C)(C)OC(=O)Nc1ccc(CC2(C(=O)O)CC2)cc1Cl. The van der Waals surface area contributed by atoms with Crippen LogP contribution in [0.5, 0.6) is 0 Å². The first-order valence-electron chi connectivity index (χ1n) is 7.13. The number of hydrogen-bond acceptors (Lipinski definition) is 3. The molecule has 1 saturated carbocycles. The Morgan fingerprint density at radius 1 is 1.36 bits per heavy atom. The molecule has 0 aromatic heterocycles. The van der Waals surface area contributed by atoms with Gasteiger partial charge in [0.1, 0.15) is 5.60 Å². The number of hydrogen-bond donors (Lipinski definition) is 2. The Balaban J connectivity index is 2.04. The van der Waals surface area contributed by atoms with Crippen molar-refractivity contribution in [1.82, 2.24) is 0 Å². The fourth-order valence-corrected chi connectivity index (χ4v) is 2.44. The first-order chi connectivity index (χ1) is 10.1. The molecule has 0 aliphatic heterocycles. The van der Waals surface area contributed by atoms with E-state index in [2.05, 4.69) is 5.32 Å². The van der Waals surface area contributed by atoms with Gasteiger partial charge in [0.15, 0.2) is 0 Å². The molecule has 5 nitrogen and oxygen atoms in total. The second-order valence-electron chi connectivity index (χ2n) is 6.70. The molecule has 0 atom stereocenters. The van der Waals surface area contributed by atoms with Crippen molar-refractivity contribution in [3.8, 4) is 0 Å². The highest BCUT2D eigenvalue weighted by atomic mass is 35.5. The quantitative estimate of drug-likeness (QED) is 0.874. The largest absolute Gasteiger partial charge is 0.481 e. The molecule has 0 saturated heterocycles. The third-order valence-corrected chi connectivity index (χ3v) is 3.83. The van der Waals surface area contributed by atoms with Crippen molar-refractivity contribution in [2.24, 2.45) is 5.41 Å². The first-order valence-corrected chi connectivity index (χ1v) is 7.51. The van der Waals surface area contributed by atoms with Crippen LogP contribution in [0.2, 0.25) is 5.02 Å². The van der Waals surface area contributed by atoms with Crippen LogP contribution < -0.4 is 5.32 Å². The van der Waals surface area contributed by atoms with Crippen LogP contribution in [-0.4, -0.2) is 22.8 Å². The first kappa shape index (κ1) is 16.6. The van der Waals surface area contributed by atoms with E-state index < -0.39 is 23.1 Å². The number of carbonyl (C=O) groups excluding carboxylic acids is 1. The molecule has 0 spiro atoms. The Morgan fingerprint density at radius 2 is 2.00 bits per heavy atom. The van der Waals surface area contributed by atoms with Crippen molar-refractivity contribution >= 4 is 29.4 Å². The van der Waals surface area contributed by atoms with E-state index in [-0.39, 0.29) is 0 Å². The zero-order valence-corrected chi connectivity index (χ0v) is 13.7. The molecular formula is C16H20ClNO4. The van der Waals surface area contributed by atoms with Gasteiger partial charge < -0.3 is 9.84 Å². The van der Waals surface area contributed by atoms with Crippen molar-refractivity contribution in [3.05, 3.63) is 28.8 Å². The van der Waals surface area contributed by atoms with Crippen LogP contribution in [0.1, 0.15) is 39.2 Å². The molecule has 0 unspecified atom stereocenters. The molecule has 0 bridgehead atoms. The van der Waals surface area contributed by atoms with Gasteiger partial charge in [0.25, 0.3) is 0 Å². The monoisotopic (exact) mass is 325 g/mol. The molecule has 120 valence electrons. The average Bonchev–Trinajstić information content (AvgIpc) is 3.11. The van der Waals surface area contributed by atoms with Gasteiger partial charge in [-0.2, -0.15) is 0 Å². The summed E-state index contributed by atoms with van der Waals surface area (Å²) in [5.74, 6) is -0.764. The summed E-state index contributed by atoms with van der Waals surface area (Å²) in [5, 5.41) is 12.2. The topological polar surface area (TPSA) is 75.6 Å². The van der Waals surface area contributed by atoms with E-state index in [0.29, 0.717) is 30.0 Å². The fourth-order valence-electron chi connectivity index (χ4n) is 2.19. The van der Waals surface area contributed by atoms with Gasteiger partial charge in [-0.25, -0.2) is 4.79 Å². The lowest BCUT2D eigenvalue weighted by molar-refractivity contribution is -0.143. The van der Waals surface area contributed by atoms with Gasteiger partial charge in [-0.05, 0) is 57.7 Å². The van der Waals surface area contributed by atoms with E-state index in [1.807, 2.05) is 0 Å². The molecule has 1 aromatic carbocycles. The van der Waals surface area contributed by atoms with Crippen molar-refractivity contribution in [2.75, 3.05) is 5.32 Å². The van der Waals surface area contributed by atoms with E-state index in [9.17, 15) is 14.7 Å². The number of carbonyl (C=O) groups is 2. The number of aliphatic carboxylic acids is 1. The van der Waals surface area contributed by atoms with Gasteiger partial charge in [-0.3, -0.25) is 10.1 Å². The Bertz CT molecular complexity index is 603. The smallest absolute Gasteiger partial charge is 0.412 e. The van der Waals surface area contributed by atoms with E-state index >= 15 is 0 Å². The molecule has 0 heterocycles. The maximum absolute atomic E-state index is 11.7. The Labute approximate surface area is 134 Å². The van der Waals surface area contributed by atoms with Gasteiger partial charge in [-0.1, -0.05) is 17.7 Å². The Kier molecular flexibility index (Phi) is 4.38. The van der Waals surface area contributed by atoms with Crippen LogP contribution in [0, 0.1) is 5.41 Å².